The molecule has 0 aliphatic carbocycles. The Morgan fingerprint density at radius 3 is 2.63 bits per heavy atom. The van der Waals surface area contributed by atoms with Gasteiger partial charge >= 0.3 is 0 Å². The normalized spacial score (nSPS) is 15.1. The summed E-state index contributed by atoms with van der Waals surface area (Å²) in [5, 5.41) is 11.9. The summed E-state index contributed by atoms with van der Waals surface area (Å²) in [5.74, 6) is 0.00590. The minimum absolute atomic E-state index is 0.00590. The fourth-order valence-electron chi connectivity index (χ4n) is 3.25. The molecule has 1 saturated heterocycles. The monoisotopic (exact) mass is 426 g/mol. The minimum Gasteiger partial charge on any atom is -0.370 e. The number of nitrogens with zero attached hydrogens (tertiary/aromatic N) is 3. The maximum atomic E-state index is 12.4. The van der Waals surface area contributed by atoms with Gasteiger partial charge in [0.1, 0.15) is 0 Å². The van der Waals surface area contributed by atoms with Gasteiger partial charge in [0, 0.05) is 36.3 Å². The highest BCUT2D eigenvalue weighted by molar-refractivity contribution is 9.10. The molecule has 140 valence electrons. The Labute approximate surface area is 168 Å². The highest BCUT2D eigenvalue weighted by atomic mass is 79.9. The van der Waals surface area contributed by atoms with Gasteiger partial charge in [-0.05, 0) is 71.2 Å². The van der Waals surface area contributed by atoms with Crippen molar-refractivity contribution in [3.63, 3.8) is 0 Å². The summed E-state index contributed by atoms with van der Waals surface area (Å²) in [6.45, 7) is 5.97. The molecule has 1 aliphatic heterocycles. The molecule has 27 heavy (non-hydrogen) atoms. The Balaban J connectivity index is 1.54. The summed E-state index contributed by atoms with van der Waals surface area (Å²) in [5.41, 5.74) is 3.76. The lowest BCUT2D eigenvalue weighted by molar-refractivity contribution is -0.117. The number of carbonyl (C=O) groups excluding carboxylic acids is 1. The van der Waals surface area contributed by atoms with E-state index >= 15 is 0 Å². The maximum absolute atomic E-state index is 12.4. The summed E-state index contributed by atoms with van der Waals surface area (Å²) in [6, 6.07) is 15.8. The van der Waals surface area contributed by atoms with Crippen LogP contribution in [0.5, 0.6) is 0 Å². The van der Waals surface area contributed by atoms with E-state index in [1.807, 2.05) is 49.4 Å². The van der Waals surface area contributed by atoms with Gasteiger partial charge in [-0.3, -0.25) is 9.69 Å². The van der Waals surface area contributed by atoms with E-state index in [2.05, 4.69) is 37.1 Å². The zero-order valence-corrected chi connectivity index (χ0v) is 17.0. The summed E-state index contributed by atoms with van der Waals surface area (Å²) >= 11 is 3.50. The van der Waals surface area contributed by atoms with Crippen molar-refractivity contribution < 1.29 is 4.79 Å². The Morgan fingerprint density at radius 2 is 1.93 bits per heavy atom. The fraction of sp³-hybridized carbons (Fsp3) is 0.333. The van der Waals surface area contributed by atoms with E-state index < -0.39 is 0 Å². The molecule has 5 nitrogen and oxygen atoms in total. The largest absolute Gasteiger partial charge is 0.370 e. The van der Waals surface area contributed by atoms with Crippen molar-refractivity contribution in [3.05, 3.63) is 58.1 Å². The number of anilines is 2. The zero-order valence-electron chi connectivity index (χ0n) is 15.4. The summed E-state index contributed by atoms with van der Waals surface area (Å²) in [4.78, 5) is 16.9. The lowest BCUT2D eigenvalue weighted by Crippen LogP contribution is -2.36. The number of hydrogen-bond donors (Lipinski definition) is 1. The lowest BCUT2D eigenvalue weighted by Gasteiger charge is -2.23. The van der Waals surface area contributed by atoms with Crippen LogP contribution in [0.1, 0.15) is 17.5 Å². The molecule has 0 atom stereocenters. The molecular formula is C21H23BrN4O. The molecular weight excluding hydrogens is 404 g/mol. The van der Waals surface area contributed by atoms with E-state index in [1.54, 1.807) is 0 Å². The molecule has 1 aliphatic rings. The average Bonchev–Trinajstić information content (AvgIpc) is 2.90. The van der Waals surface area contributed by atoms with Gasteiger partial charge < -0.3 is 10.2 Å². The van der Waals surface area contributed by atoms with E-state index in [0.29, 0.717) is 12.1 Å². The number of hydrogen-bond acceptors (Lipinski definition) is 4. The molecule has 1 amide bonds. The zero-order chi connectivity index (χ0) is 19.2. The van der Waals surface area contributed by atoms with E-state index in [0.717, 1.165) is 54.0 Å². The number of aryl methyl sites for hydroxylation is 1. The quantitative estimate of drug-likeness (QED) is 0.807. The van der Waals surface area contributed by atoms with Crippen molar-refractivity contribution in [2.45, 2.75) is 13.3 Å². The van der Waals surface area contributed by atoms with Crippen LogP contribution in [0, 0.1) is 18.3 Å². The molecule has 6 heteroatoms. The van der Waals surface area contributed by atoms with Crippen LogP contribution in [0.25, 0.3) is 0 Å². The maximum Gasteiger partial charge on any atom is 0.238 e. The van der Waals surface area contributed by atoms with Crippen molar-refractivity contribution >= 4 is 33.2 Å². The van der Waals surface area contributed by atoms with Gasteiger partial charge in [-0.2, -0.15) is 5.26 Å². The molecule has 1 fully saturated rings. The Hall–Kier alpha value is -2.36. The van der Waals surface area contributed by atoms with Gasteiger partial charge in [-0.15, -0.1) is 0 Å². The predicted molar refractivity (Wildman–Crippen MR) is 112 cm³/mol. The van der Waals surface area contributed by atoms with Crippen LogP contribution in [0.3, 0.4) is 0 Å². The Kier molecular flexibility index (Phi) is 6.49. The SMILES string of the molecule is Cc1ccc(NC(=O)CN2CCCN(c3ccc(C#N)cc3)CC2)c(Br)c1. The smallest absolute Gasteiger partial charge is 0.238 e. The van der Waals surface area contributed by atoms with Crippen LogP contribution in [0.4, 0.5) is 11.4 Å². The number of carbonyl (C=O) groups is 1. The topological polar surface area (TPSA) is 59.4 Å². The molecule has 0 saturated carbocycles. The highest BCUT2D eigenvalue weighted by Gasteiger charge is 2.18. The summed E-state index contributed by atoms with van der Waals surface area (Å²) in [7, 11) is 0. The third kappa shape index (κ3) is 5.31. The van der Waals surface area contributed by atoms with Crippen LogP contribution in [-0.2, 0) is 4.79 Å². The van der Waals surface area contributed by atoms with Crippen LogP contribution in [-0.4, -0.2) is 43.5 Å². The molecule has 3 rings (SSSR count). The predicted octanol–water partition coefficient (Wildman–Crippen LogP) is 3.78. The van der Waals surface area contributed by atoms with E-state index in [1.165, 1.54) is 0 Å². The Morgan fingerprint density at radius 1 is 1.15 bits per heavy atom. The molecule has 0 unspecified atom stereocenters. The standard InChI is InChI=1S/C21H23BrN4O/c1-16-3-8-20(19(22)13-16)24-21(27)15-25-9-2-10-26(12-11-25)18-6-4-17(14-23)5-7-18/h3-8,13H,2,9-12,15H2,1H3,(H,24,27). The lowest BCUT2D eigenvalue weighted by atomic mass is 10.2. The molecule has 0 radical (unpaired) electrons. The minimum atomic E-state index is 0.00590. The Bertz CT molecular complexity index is 844. The molecule has 0 bridgehead atoms. The second-order valence-corrected chi connectivity index (χ2v) is 7.66. The number of nitrogens with one attached hydrogen (secondary N) is 1. The highest BCUT2D eigenvalue weighted by Crippen LogP contribution is 2.23. The van der Waals surface area contributed by atoms with Gasteiger partial charge in [-0.25, -0.2) is 0 Å². The molecule has 1 heterocycles. The van der Waals surface area contributed by atoms with Crippen molar-refractivity contribution in [1.82, 2.24) is 4.90 Å². The summed E-state index contributed by atoms with van der Waals surface area (Å²) < 4.78 is 0.902. The second-order valence-electron chi connectivity index (χ2n) is 6.81. The van der Waals surface area contributed by atoms with Gasteiger partial charge in [-0.1, -0.05) is 6.07 Å². The number of halogens is 1. The van der Waals surface area contributed by atoms with Crippen molar-refractivity contribution in [2.24, 2.45) is 0 Å². The number of rotatable bonds is 4. The van der Waals surface area contributed by atoms with Gasteiger partial charge in [0.2, 0.25) is 5.91 Å². The van der Waals surface area contributed by atoms with Gasteiger partial charge in [0.15, 0.2) is 0 Å². The van der Waals surface area contributed by atoms with Crippen molar-refractivity contribution in [2.75, 3.05) is 42.9 Å². The third-order valence-corrected chi connectivity index (χ3v) is 5.37. The van der Waals surface area contributed by atoms with E-state index in [9.17, 15) is 4.79 Å². The van der Waals surface area contributed by atoms with Crippen LogP contribution < -0.4 is 10.2 Å². The average molecular weight is 427 g/mol. The fourth-order valence-corrected chi connectivity index (χ4v) is 3.84. The third-order valence-electron chi connectivity index (χ3n) is 4.72. The molecule has 2 aromatic rings. The number of nitriles is 1. The van der Waals surface area contributed by atoms with Crippen LogP contribution >= 0.6 is 15.9 Å². The van der Waals surface area contributed by atoms with Gasteiger partial charge in [0.25, 0.3) is 0 Å². The van der Waals surface area contributed by atoms with E-state index in [-0.39, 0.29) is 5.91 Å². The molecule has 1 N–H and O–H groups in total. The first-order valence-corrected chi connectivity index (χ1v) is 9.88. The first kappa shape index (κ1) is 19.4. The first-order valence-electron chi connectivity index (χ1n) is 9.08. The molecule has 0 aromatic heterocycles. The molecule has 2 aromatic carbocycles. The second kappa shape index (κ2) is 9.03. The summed E-state index contributed by atoms with van der Waals surface area (Å²) in [6.07, 6.45) is 1.00. The van der Waals surface area contributed by atoms with Crippen LogP contribution in [0.15, 0.2) is 46.9 Å². The van der Waals surface area contributed by atoms with Crippen molar-refractivity contribution in [1.29, 1.82) is 5.26 Å². The van der Waals surface area contributed by atoms with Crippen LogP contribution in [0.2, 0.25) is 0 Å². The first-order chi connectivity index (χ1) is 13.0. The molecule has 0 spiro atoms. The number of amides is 1. The van der Waals surface area contributed by atoms with E-state index in [4.69, 9.17) is 5.26 Å². The number of benzene rings is 2. The van der Waals surface area contributed by atoms with Crippen molar-refractivity contribution in [3.8, 4) is 6.07 Å². The van der Waals surface area contributed by atoms with Gasteiger partial charge in [0.05, 0.1) is 23.9 Å².